The Hall–Kier alpha value is -1.64. The van der Waals surface area contributed by atoms with E-state index < -0.39 is 12.1 Å². The van der Waals surface area contributed by atoms with Crippen LogP contribution in [0.25, 0.3) is 0 Å². The molecule has 1 rings (SSSR count). The van der Waals surface area contributed by atoms with E-state index in [9.17, 15) is 9.18 Å². The highest BCUT2D eigenvalue weighted by Crippen LogP contribution is 2.14. The van der Waals surface area contributed by atoms with E-state index in [1.165, 1.54) is 0 Å². The standard InChI is InChI=1S/C14H17FO2/c1-3-17-14(16)11(2)13(15)10-9-12-7-5-4-6-8-12/h4-8,13H,2-3,9-10H2,1H3. The van der Waals surface area contributed by atoms with Gasteiger partial charge in [0.1, 0.15) is 6.17 Å². The molecule has 1 aromatic rings. The minimum Gasteiger partial charge on any atom is -0.463 e. The van der Waals surface area contributed by atoms with Crippen molar-refractivity contribution in [1.82, 2.24) is 0 Å². The minimum atomic E-state index is -1.34. The third-order valence-corrected chi connectivity index (χ3v) is 2.45. The van der Waals surface area contributed by atoms with E-state index in [0.717, 1.165) is 5.56 Å². The van der Waals surface area contributed by atoms with Gasteiger partial charge in [-0.2, -0.15) is 0 Å². The van der Waals surface area contributed by atoms with Crippen molar-refractivity contribution in [2.24, 2.45) is 0 Å². The van der Waals surface area contributed by atoms with Gasteiger partial charge in [-0.1, -0.05) is 36.9 Å². The predicted octanol–water partition coefficient (Wildman–Crippen LogP) is 3.08. The number of halogens is 1. The number of carbonyl (C=O) groups excluding carboxylic acids is 1. The lowest BCUT2D eigenvalue weighted by Gasteiger charge is -2.10. The number of hydrogen-bond donors (Lipinski definition) is 0. The van der Waals surface area contributed by atoms with Crippen molar-refractivity contribution in [3.63, 3.8) is 0 Å². The summed E-state index contributed by atoms with van der Waals surface area (Å²) in [6.45, 7) is 5.36. The van der Waals surface area contributed by atoms with Gasteiger partial charge in [-0.25, -0.2) is 9.18 Å². The summed E-state index contributed by atoms with van der Waals surface area (Å²) in [6, 6.07) is 9.58. The predicted molar refractivity (Wildman–Crippen MR) is 65.4 cm³/mol. The zero-order chi connectivity index (χ0) is 12.7. The number of aryl methyl sites for hydroxylation is 1. The van der Waals surface area contributed by atoms with Crippen LogP contribution in [0.3, 0.4) is 0 Å². The molecule has 0 bridgehead atoms. The van der Waals surface area contributed by atoms with Gasteiger partial charge in [0.05, 0.1) is 12.2 Å². The van der Waals surface area contributed by atoms with E-state index in [0.29, 0.717) is 6.42 Å². The lowest BCUT2D eigenvalue weighted by molar-refractivity contribution is -0.139. The topological polar surface area (TPSA) is 26.3 Å². The number of alkyl halides is 1. The van der Waals surface area contributed by atoms with Crippen LogP contribution in [0.2, 0.25) is 0 Å². The van der Waals surface area contributed by atoms with Crippen molar-refractivity contribution < 1.29 is 13.9 Å². The number of benzene rings is 1. The first-order valence-electron chi connectivity index (χ1n) is 5.69. The van der Waals surface area contributed by atoms with Crippen LogP contribution in [0.4, 0.5) is 4.39 Å². The largest absolute Gasteiger partial charge is 0.463 e. The Kier molecular flexibility index (Phi) is 5.40. The SMILES string of the molecule is C=C(C(=O)OCC)C(F)CCc1ccccc1. The van der Waals surface area contributed by atoms with Gasteiger partial charge in [0.2, 0.25) is 0 Å². The molecule has 0 aliphatic heterocycles. The fourth-order valence-corrected chi connectivity index (χ4v) is 1.46. The summed E-state index contributed by atoms with van der Waals surface area (Å²) in [7, 11) is 0. The monoisotopic (exact) mass is 236 g/mol. The highest BCUT2D eigenvalue weighted by Gasteiger charge is 2.18. The second kappa shape index (κ2) is 6.84. The molecule has 17 heavy (non-hydrogen) atoms. The number of carbonyl (C=O) groups is 1. The summed E-state index contributed by atoms with van der Waals surface area (Å²) >= 11 is 0. The van der Waals surface area contributed by atoms with E-state index in [-0.39, 0.29) is 18.6 Å². The van der Waals surface area contributed by atoms with Gasteiger partial charge in [0.15, 0.2) is 0 Å². The average Bonchev–Trinajstić information content (AvgIpc) is 2.36. The fraction of sp³-hybridized carbons (Fsp3) is 0.357. The molecule has 1 aromatic carbocycles. The Balaban J connectivity index is 2.42. The maximum Gasteiger partial charge on any atom is 0.336 e. The Morgan fingerprint density at radius 1 is 1.41 bits per heavy atom. The number of hydrogen-bond acceptors (Lipinski definition) is 2. The van der Waals surface area contributed by atoms with Gasteiger partial charge in [-0.3, -0.25) is 0 Å². The molecule has 0 spiro atoms. The molecular weight excluding hydrogens is 219 g/mol. The molecule has 1 atom stereocenters. The Morgan fingerprint density at radius 2 is 2.06 bits per heavy atom. The van der Waals surface area contributed by atoms with Crippen molar-refractivity contribution in [2.75, 3.05) is 6.61 Å². The van der Waals surface area contributed by atoms with Crippen molar-refractivity contribution >= 4 is 5.97 Å². The van der Waals surface area contributed by atoms with E-state index in [4.69, 9.17) is 4.74 Å². The van der Waals surface area contributed by atoms with E-state index in [1.807, 2.05) is 30.3 Å². The van der Waals surface area contributed by atoms with Crippen LogP contribution in [-0.4, -0.2) is 18.7 Å². The van der Waals surface area contributed by atoms with Crippen LogP contribution in [-0.2, 0) is 16.0 Å². The second-order valence-electron chi connectivity index (χ2n) is 3.74. The maximum absolute atomic E-state index is 13.7. The van der Waals surface area contributed by atoms with Crippen molar-refractivity contribution in [2.45, 2.75) is 25.9 Å². The second-order valence-corrected chi connectivity index (χ2v) is 3.74. The first kappa shape index (κ1) is 13.4. The number of rotatable bonds is 6. The molecule has 0 aliphatic carbocycles. The van der Waals surface area contributed by atoms with Gasteiger partial charge in [-0.05, 0) is 25.3 Å². The molecule has 0 N–H and O–H groups in total. The molecule has 2 nitrogen and oxygen atoms in total. The molecular formula is C14H17FO2. The van der Waals surface area contributed by atoms with Crippen LogP contribution in [0, 0.1) is 0 Å². The Bertz CT molecular complexity index is 373. The van der Waals surface area contributed by atoms with Crippen molar-refractivity contribution in [3.8, 4) is 0 Å². The molecule has 0 amide bonds. The molecule has 0 saturated heterocycles. The number of ether oxygens (including phenoxy) is 1. The summed E-state index contributed by atoms with van der Waals surface area (Å²) in [4.78, 5) is 11.2. The Morgan fingerprint density at radius 3 is 2.65 bits per heavy atom. The van der Waals surface area contributed by atoms with E-state index in [2.05, 4.69) is 6.58 Å². The zero-order valence-corrected chi connectivity index (χ0v) is 9.99. The van der Waals surface area contributed by atoms with Gasteiger partial charge < -0.3 is 4.74 Å². The van der Waals surface area contributed by atoms with Crippen LogP contribution in [0.15, 0.2) is 42.5 Å². The van der Waals surface area contributed by atoms with Gasteiger partial charge in [-0.15, -0.1) is 0 Å². The quantitative estimate of drug-likeness (QED) is 0.560. The molecule has 0 aromatic heterocycles. The maximum atomic E-state index is 13.7. The molecule has 92 valence electrons. The van der Waals surface area contributed by atoms with Gasteiger partial charge >= 0.3 is 5.97 Å². The molecule has 0 heterocycles. The minimum absolute atomic E-state index is 0.0946. The molecule has 0 saturated carbocycles. The summed E-state index contributed by atoms with van der Waals surface area (Å²) in [5.41, 5.74) is 0.953. The lowest BCUT2D eigenvalue weighted by atomic mass is 10.0. The zero-order valence-electron chi connectivity index (χ0n) is 9.99. The molecule has 3 heteroatoms. The first-order valence-corrected chi connectivity index (χ1v) is 5.69. The molecule has 0 aliphatic rings. The van der Waals surface area contributed by atoms with Crippen LogP contribution in [0.5, 0.6) is 0 Å². The molecule has 0 fully saturated rings. The fourth-order valence-electron chi connectivity index (χ4n) is 1.46. The summed E-state index contributed by atoms with van der Waals surface area (Å²) in [6.07, 6.45) is -0.503. The highest BCUT2D eigenvalue weighted by molar-refractivity contribution is 5.88. The lowest BCUT2D eigenvalue weighted by Crippen LogP contribution is -2.16. The van der Waals surface area contributed by atoms with Gasteiger partial charge in [0.25, 0.3) is 0 Å². The average molecular weight is 236 g/mol. The first-order chi connectivity index (χ1) is 8.15. The highest BCUT2D eigenvalue weighted by atomic mass is 19.1. The van der Waals surface area contributed by atoms with Crippen molar-refractivity contribution in [1.29, 1.82) is 0 Å². The van der Waals surface area contributed by atoms with Gasteiger partial charge in [0, 0.05) is 0 Å². The van der Waals surface area contributed by atoms with Crippen molar-refractivity contribution in [3.05, 3.63) is 48.0 Å². The molecule has 0 radical (unpaired) electrons. The number of esters is 1. The summed E-state index contributed by atoms with van der Waals surface area (Å²) < 4.78 is 18.4. The van der Waals surface area contributed by atoms with E-state index in [1.54, 1.807) is 6.92 Å². The molecule has 1 unspecified atom stereocenters. The summed E-state index contributed by atoms with van der Waals surface area (Å²) in [5.74, 6) is -0.645. The van der Waals surface area contributed by atoms with E-state index >= 15 is 0 Å². The van der Waals surface area contributed by atoms with Crippen LogP contribution >= 0.6 is 0 Å². The Labute approximate surface area is 101 Å². The van der Waals surface area contributed by atoms with Crippen LogP contribution < -0.4 is 0 Å². The third-order valence-electron chi connectivity index (χ3n) is 2.45. The smallest absolute Gasteiger partial charge is 0.336 e. The van der Waals surface area contributed by atoms with Crippen LogP contribution in [0.1, 0.15) is 18.9 Å². The summed E-state index contributed by atoms with van der Waals surface area (Å²) in [5, 5.41) is 0. The normalized spacial score (nSPS) is 11.9. The third kappa shape index (κ3) is 4.39.